The SMILES string of the molecule is CNCCOc1cccc(-c2ccc(C#N)cc2)c1. The summed E-state index contributed by atoms with van der Waals surface area (Å²) in [5.41, 5.74) is 2.84. The van der Waals surface area contributed by atoms with Crippen molar-refractivity contribution < 1.29 is 4.74 Å². The van der Waals surface area contributed by atoms with Gasteiger partial charge in [0.25, 0.3) is 0 Å². The van der Waals surface area contributed by atoms with Crippen molar-refractivity contribution in [1.82, 2.24) is 5.32 Å². The van der Waals surface area contributed by atoms with Gasteiger partial charge in [-0.15, -0.1) is 0 Å². The van der Waals surface area contributed by atoms with E-state index in [4.69, 9.17) is 10.00 Å². The molecule has 0 saturated heterocycles. The lowest BCUT2D eigenvalue weighted by Crippen LogP contribution is -2.15. The van der Waals surface area contributed by atoms with Crippen LogP contribution in [0.4, 0.5) is 0 Å². The molecule has 2 aromatic carbocycles. The van der Waals surface area contributed by atoms with Crippen LogP contribution >= 0.6 is 0 Å². The molecule has 0 spiro atoms. The molecule has 0 aliphatic heterocycles. The molecule has 2 rings (SSSR count). The van der Waals surface area contributed by atoms with Crippen molar-refractivity contribution in [2.24, 2.45) is 0 Å². The molecule has 0 aliphatic rings. The Morgan fingerprint density at radius 2 is 1.89 bits per heavy atom. The smallest absolute Gasteiger partial charge is 0.119 e. The average Bonchev–Trinajstić information content (AvgIpc) is 2.48. The topological polar surface area (TPSA) is 45.0 Å². The van der Waals surface area contributed by atoms with Crippen LogP contribution in [0.2, 0.25) is 0 Å². The van der Waals surface area contributed by atoms with Crippen molar-refractivity contribution in [2.45, 2.75) is 0 Å². The van der Waals surface area contributed by atoms with Gasteiger partial charge in [0.2, 0.25) is 0 Å². The lowest BCUT2D eigenvalue weighted by molar-refractivity contribution is 0.318. The normalized spacial score (nSPS) is 9.89. The average molecular weight is 252 g/mol. The highest BCUT2D eigenvalue weighted by atomic mass is 16.5. The lowest BCUT2D eigenvalue weighted by atomic mass is 10.0. The van der Waals surface area contributed by atoms with E-state index < -0.39 is 0 Å². The second-order valence-electron chi connectivity index (χ2n) is 4.17. The van der Waals surface area contributed by atoms with E-state index in [0.29, 0.717) is 12.2 Å². The number of nitrogens with zero attached hydrogens (tertiary/aromatic N) is 1. The van der Waals surface area contributed by atoms with Crippen LogP contribution in [0.15, 0.2) is 48.5 Å². The molecule has 19 heavy (non-hydrogen) atoms. The molecule has 0 saturated carbocycles. The molecule has 2 aromatic rings. The zero-order valence-electron chi connectivity index (χ0n) is 10.9. The van der Waals surface area contributed by atoms with Crippen LogP contribution in [0.5, 0.6) is 5.75 Å². The Kier molecular flexibility index (Phi) is 4.54. The summed E-state index contributed by atoms with van der Waals surface area (Å²) in [6.07, 6.45) is 0. The Balaban J connectivity index is 2.15. The van der Waals surface area contributed by atoms with Gasteiger partial charge in [0.05, 0.1) is 11.6 Å². The molecule has 0 atom stereocenters. The fourth-order valence-electron chi connectivity index (χ4n) is 1.77. The highest BCUT2D eigenvalue weighted by molar-refractivity contribution is 5.65. The highest BCUT2D eigenvalue weighted by Crippen LogP contribution is 2.24. The quantitative estimate of drug-likeness (QED) is 0.832. The summed E-state index contributed by atoms with van der Waals surface area (Å²) >= 11 is 0. The van der Waals surface area contributed by atoms with E-state index in [2.05, 4.69) is 11.4 Å². The molecule has 0 heterocycles. The van der Waals surface area contributed by atoms with Crippen molar-refractivity contribution in [3.05, 3.63) is 54.1 Å². The minimum Gasteiger partial charge on any atom is -0.492 e. The standard InChI is InChI=1S/C16H16N2O/c1-18-9-10-19-16-4-2-3-15(11-16)14-7-5-13(12-17)6-8-14/h2-8,11,18H,9-10H2,1H3. The Hall–Kier alpha value is -2.31. The number of nitriles is 1. The minimum atomic E-state index is 0.646. The van der Waals surface area contributed by atoms with Crippen LogP contribution in [0.25, 0.3) is 11.1 Å². The largest absolute Gasteiger partial charge is 0.492 e. The van der Waals surface area contributed by atoms with E-state index in [0.717, 1.165) is 23.4 Å². The maximum Gasteiger partial charge on any atom is 0.119 e. The van der Waals surface area contributed by atoms with E-state index in [9.17, 15) is 0 Å². The van der Waals surface area contributed by atoms with Crippen LogP contribution in [0.1, 0.15) is 5.56 Å². The Morgan fingerprint density at radius 3 is 2.58 bits per heavy atom. The third-order valence-electron chi connectivity index (χ3n) is 2.80. The van der Waals surface area contributed by atoms with E-state index in [1.165, 1.54) is 0 Å². The van der Waals surface area contributed by atoms with Gasteiger partial charge in [-0.1, -0.05) is 24.3 Å². The van der Waals surface area contributed by atoms with Crippen LogP contribution in [0, 0.1) is 11.3 Å². The number of likely N-dealkylation sites (N-methyl/N-ethyl adjacent to an activating group) is 1. The molecule has 1 N–H and O–H groups in total. The number of hydrogen-bond donors (Lipinski definition) is 1. The summed E-state index contributed by atoms with van der Waals surface area (Å²) in [4.78, 5) is 0. The first-order valence-electron chi connectivity index (χ1n) is 6.21. The van der Waals surface area contributed by atoms with Crippen molar-refractivity contribution in [3.63, 3.8) is 0 Å². The van der Waals surface area contributed by atoms with E-state index in [1.807, 2.05) is 55.6 Å². The first kappa shape index (κ1) is 13.1. The van der Waals surface area contributed by atoms with E-state index in [1.54, 1.807) is 0 Å². The first-order valence-corrected chi connectivity index (χ1v) is 6.21. The molecule has 0 bridgehead atoms. The molecule has 0 aliphatic carbocycles. The fraction of sp³-hybridized carbons (Fsp3) is 0.188. The zero-order valence-corrected chi connectivity index (χ0v) is 10.9. The second-order valence-corrected chi connectivity index (χ2v) is 4.17. The predicted molar refractivity (Wildman–Crippen MR) is 76.0 cm³/mol. The van der Waals surface area contributed by atoms with Crippen LogP contribution in [0.3, 0.4) is 0 Å². The van der Waals surface area contributed by atoms with Crippen molar-refractivity contribution in [3.8, 4) is 22.9 Å². The summed E-state index contributed by atoms with van der Waals surface area (Å²) < 4.78 is 5.64. The monoisotopic (exact) mass is 252 g/mol. The summed E-state index contributed by atoms with van der Waals surface area (Å²) in [7, 11) is 1.90. The number of nitrogens with one attached hydrogen (secondary N) is 1. The van der Waals surface area contributed by atoms with Gasteiger partial charge >= 0.3 is 0 Å². The molecule has 0 aromatic heterocycles. The second kappa shape index (κ2) is 6.58. The molecule has 0 radical (unpaired) electrons. The number of ether oxygens (including phenoxy) is 1. The van der Waals surface area contributed by atoms with Gasteiger partial charge in [0, 0.05) is 6.54 Å². The van der Waals surface area contributed by atoms with Gasteiger partial charge < -0.3 is 10.1 Å². The maximum absolute atomic E-state index is 8.79. The molecule has 3 heteroatoms. The minimum absolute atomic E-state index is 0.646. The molecule has 3 nitrogen and oxygen atoms in total. The van der Waals surface area contributed by atoms with Crippen molar-refractivity contribution >= 4 is 0 Å². The summed E-state index contributed by atoms with van der Waals surface area (Å²) in [6.45, 7) is 1.47. The summed E-state index contributed by atoms with van der Waals surface area (Å²) in [5.74, 6) is 0.858. The predicted octanol–water partition coefficient (Wildman–Crippen LogP) is 2.82. The van der Waals surface area contributed by atoms with Crippen LogP contribution in [-0.4, -0.2) is 20.2 Å². The Morgan fingerprint density at radius 1 is 1.11 bits per heavy atom. The van der Waals surface area contributed by atoms with E-state index >= 15 is 0 Å². The van der Waals surface area contributed by atoms with Crippen molar-refractivity contribution in [2.75, 3.05) is 20.2 Å². The number of rotatable bonds is 5. The molecule has 0 fully saturated rings. The lowest BCUT2D eigenvalue weighted by Gasteiger charge is -2.08. The summed E-state index contributed by atoms with van der Waals surface area (Å²) in [6, 6.07) is 17.6. The fourth-order valence-corrected chi connectivity index (χ4v) is 1.77. The van der Waals surface area contributed by atoms with Crippen LogP contribution in [-0.2, 0) is 0 Å². The zero-order chi connectivity index (χ0) is 13.5. The maximum atomic E-state index is 8.79. The van der Waals surface area contributed by atoms with Gasteiger partial charge in [-0.05, 0) is 42.4 Å². The Labute approximate surface area is 113 Å². The van der Waals surface area contributed by atoms with Gasteiger partial charge in [-0.25, -0.2) is 0 Å². The molecular weight excluding hydrogens is 236 g/mol. The molecule has 0 amide bonds. The van der Waals surface area contributed by atoms with Gasteiger partial charge in [0.1, 0.15) is 12.4 Å². The molecule has 96 valence electrons. The third-order valence-corrected chi connectivity index (χ3v) is 2.80. The Bertz CT molecular complexity index is 570. The number of hydrogen-bond acceptors (Lipinski definition) is 3. The van der Waals surface area contributed by atoms with Gasteiger partial charge in [-0.3, -0.25) is 0 Å². The van der Waals surface area contributed by atoms with Gasteiger partial charge in [-0.2, -0.15) is 5.26 Å². The van der Waals surface area contributed by atoms with Crippen LogP contribution < -0.4 is 10.1 Å². The number of benzene rings is 2. The molecule has 0 unspecified atom stereocenters. The summed E-state index contributed by atoms with van der Waals surface area (Å²) in [5, 5.41) is 11.8. The molecular formula is C16H16N2O. The third kappa shape index (κ3) is 3.57. The first-order chi connectivity index (χ1) is 9.33. The van der Waals surface area contributed by atoms with E-state index in [-0.39, 0.29) is 0 Å². The van der Waals surface area contributed by atoms with Crippen molar-refractivity contribution in [1.29, 1.82) is 5.26 Å². The highest BCUT2D eigenvalue weighted by Gasteiger charge is 2.00. The van der Waals surface area contributed by atoms with Gasteiger partial charge in [0.15, 0.2) is 0 Å².